The van der Waals surface area contributed by atoms with Gasteiger partial charge in [0.05, 0.1) is 4.47 Å². The summed E-state index contributed by atoms with van der Waals surface area (Å²) < 4.78 is 5.78. The van der Waals surface area contributed by atoms with E-state index in [1.807, 2.05) is 19.9 Å². The maximum atomic E-state index is 11.8. The third kappa shape index (κ3) is 2.64. The summed E-state index contributed by atoms with van der Waals surface area (Å²) in [7, 11) is 0. The Morgan fingerprint density at radius 1 is 1.39 bits per heavy atom. The second-order valence-electron chi connectivity index (χ2n) is 4.39. The molecular formula is C14H13BrO3. The molecule has 1 aromatic heterocycles. The van der Waals surface area contributed by atoms with Crippen molar-refractivity contribution in [2.45, 2.75) is 20.3 Å². The lowest BCUT2D eigenvalue weighted by molar-refractivity contribution is 0.469. The summed E-state index contributed by atoms with van der Waals surface area (Å²) in [6, 6.07) is 4.97. The minimum atomic E-state index is -0.360. The van der Waals surface area contributed by atoms with E-state index in [9.17, 15) is 9.90 Å². The molecule has 0 atom stereocenters. The van der Waals surface area contributed by atoms with Crippen molar-refractivity contribution >= 4 is 26.9 Å². The molecule has 1 N–H and O–H groups in total. The van der Waals surface area contributed by atoms with Crippen LogP contribution in [0.1, 0.15) is 19.4 Å². The highest BCUT2D eigenvalue weighted by Crippen LogP contribution is 2.29. The third-order valence-corrected chi connectivity index (χ3v) is 3.24. The average molecular weight is 309 g/mol. The highest BCUT2D eigenvalue weighted by atomic mass is 79.9. The second kappa shape index (κ2) is 4.98. The number of rotatable bonds is 2. The molecule has 4 heteroatoms. The molecule has 0 fully saturated rings. The van der Waals surface area contributed by atoms with Crippen LogP contribution in [0.3, 0.4) is 0 Å². The molecule has 0 amide bonds. The van der Waals surface area contributed by atoms with E-state index in [1.165, 1.54) is 6.07 Å². The Labute approximate surface area is 113 Å². The van der Waals surface area contributed by atoms with Crippen molar-refractivity contribution in [2.24, 2.45) is 0 Å². The van der Waals surface area contributed by atoms with Gasteiger partial charge in [0.2, 0.25) is 0 Å². The van der Waals surface area contributed by atoms with Crippen LogP contribution in [0.4, 0.5) is 0 Å². The Bertz CT molecular complexity index is 679. The van der Waals surface area contributed by atoms with Crippen LogP contribution in [0.25, 0.3) is 11.0 Å². The maximum Gasteiger partial charge on any atom is 0.339 e. The van der Waals surface area contributed by atoms with Gasteiger partial charge < -0.3 is 9.52 Å². The summed E-state index contributed by atoms with van der Waals surface area (Å²) in [5, 5.41) is 10.3. The van der Waals surface area contributed by atoms with Gasteiger partial charge in [0.15, 0.2) is 0 Å². The molecule has 0 saturated heterocycles. The SMILES string of the molecule is CC(C)=CCc1cc2cc(Br)c(O)cc2oc1=O. The van der Waals surface area contributed by atoms with E-state index in [2.05, 4.69) is 15.9 Å². The van der Waals surface area contributed by atoms with Crippen LogP contribution < -0.4 is 5.63 Å². The molecule has 0 saturated carbocycles. The zero-order chi connectivity index (χ0) is 13.3. The summed E-state index contributed by atoms with van der Waals surface area (Å²) in [5.74, 6) is 0.0581. The van der Waals surface area contributed by atoms with Gasteiger partial charge in [0, 0.05) is 17.0 Å². The van der Waals surface area contributed by atoms with E-state index < -0.39 is 0 Å². The van der Waals surface area contributed by atoms with Crippen LogP contribution in [0.15, 0.2) is 43.5 Å². The third-order valence-electron chi connectivity index (χ3n) is 2.60. The fourth-order valence-electron chi connectivity index (χ4n) is 1.63. The number of phenolic OH excluding ortho intramolecular Hbond substituents is 1. The van der Waals surface area contributed by atoms with Gasteiger partial charge in [0.1, 0.15) is 11.3 Å². The Kier molecular flexibility index (Phi) is 3.57. The van der Waals surface area contributed by atoms with Crippen molar-refractivity contribution in [1.82, 2.24) is 0 Å². The zero-order valence-electron chi connectivity index (χ0n) is 10.2. The average Bonchev–Trinajstić information content (AvgIpc) is 2.29. The predicted molar refractivity (Wildman–Crippen MR) is 75.0 cm³/mol. The van der Waals surface area contributed by atoms with Gasteiger partial charge in [-0.2, -0.15) is 0 Å². The number of allylic oxidation sites excluding steroid dienone is 2. The fraction of sp³-hybridized carbons (Fsp3) is 0.214. The van der Waals surface area contributed by atoms with Gasteiger partial charge >= 0.3 is 5.63 Å². The molecule has 0 unspecified atom stereocenters. The molecule has 94 valence electrons. The van der Waals surface area contributed by atoms with Gasteiger partial charge in [-0.1, -0.05) is 11.6 Å². The number of aromatic hydroxyl groups is 1. The normalized spacial score (nSPS) is 10.6. The summed E-state index contributed by atoms with van der Waals surface area (Å²) >= 11 is 3.24. The molecular weight excluding hydrogens is 296 g/mol. The standard InChI is InChI=1S/C14H13BrO3/c1-8(2)3-4-9-5-10-6-11(15)12(16)7-13(10)18-14(9)17/h3,5-7,16H,4H2,1-2H3. The van der Waals surface area contributed by atoms with Crippen LogP contribution >= 0.6 is 15.9 Å². The molecule has 0 bridgehead atoms. The number of hydrogen-bond donors (Lipinski definition) is 1. The van der Waals surface area contributed by atoms with E-state index in [0.29, 0.717) is 22.0 Å². The monoisotopic (exact) mass is 308 g/mol. The van der Waals surface area contributed by atoms with Crippen molar-refractivity contribution in [2.75, 3.05) is 0 Å². The molecule has 1 aromatic carbocycles. The molecule has 2 rings (SSSR count). The van der Waals surface area contributed by atoms with Crippen molar-refractivity contribution in [3.05, 3.63) is 50.3 Å². The van der Waals surface area contributed by atoms with Gasteiger partial charge in [0.25, 0.3) is 0 Å². The Hall–Kier alpha value is -1.55. The summed E-state index contributed by atoms with van der Waals surface area (Å²) in [5.41, 5.74) is 1.80. The van der Waals surface area contributed by atoms with E-state index in [0.717, 1.165) is 11.0 Å². The topological polar surface area (TPSA) is 50.4 Å². The van der Waals surface area contributed by atoms with E-state index in [1.54, 1.807) is 12.1 Å². The second-order valence-corrected chi connectivity index (χ2v) is 5.24. The van der Waals surface area contributed by atoms with Crippen LogP contribution in [-0.2, 0) is 6.42 Å². The van der Waals surface area contributed by atoms with Crippen molar-refractivity contribution in [3.63, 3.8) is 0 Å². The minimum Gasteiger partial charge on any atom is -0.507 e. The van der Waals surface area contributed by atoms with E-state index in [4.69, 9.17) is 4.42 Å². The smallest absolute Gasteiger partial charge is 0.339 e. The summed E-state index contributed by atoms with van der Waals surface area (Å²) in [6.07, 6.45) is 2.53. The van der Waals surface area contributed by atoms with Gasteiger partial charge in [-0.25, -0.2) is 4.79 Å². The number of fused-ring (bicyclic) bond motifs is 1. The van der Waals surface area contributed by atoms with Crippen molar-refractivity contribution in [1.29, 1.82) is 0 Å². The Balaban J connectivity index is 2.57. The predicted octanol–water partition coefficient (Wildman–Crippen LogP) is 3.77. The lowest BCUT2D eigenvalue weighted by atomic mass is 10.1. The van der Waals surface area contributed by atoms with Crippen molar-refractivity contribution < 1.29 is 9.52 Å². The molecule has 0 aliphatic rings. The molecule has 18 heavy (non-hydrogen) atoms. The maximum absolute atomic E-state index is 11.8. The highest BCUT2D eigenvalue weighted by molar-refractivity contribution is 9.10. The molecule has 0 spiro atoms. The first-order valence-electron chi connectivity index (χ1n) is 5.56. The number of halogens is 1. The van der Waals surface area contributed by atoms with Crippen LogP contribution in [-0.4, -0.2) is 5.11 Å². The van der Waals surface area contributed by atoms with Crippen LogP contribution in [0, 0.1) is 0 Å². The first-order chi connectivity index (χ1) is 8.47. The van der Waals surface area contributed by atoms with Crippen molar-refractivity contribution in [3.8, 4) is 5.75 Å². The Morgan fingerprint density at radius 2 is 2.11 bits per heavy atom. The molecule has 1 heterocycles. The van der Waals surface area contributed by atoms with Gasteiger partial charge in [-0.3, -0.25) is 0 Å². The van der Waals surface area contributed by atoms with E-state index in [-0.39, 0.29) is 11.4 Å². The first-order valence-corrected chi connectivity index (χ1v) is 6.35. The molecule has 2 aromatic rings. The number of hydrogen-bond acceptors (Lipinski definition) is 3. The van der Waals surface area contributed by atoms with Gasteiger partial charge in [-0.15, -0.1) is 0 Å². The first kappa shape index (κ1) is 12.9. The minimum absolute atomic E-state index is 0.0581. The zero-order valence-corrected chi connectivity index (χ0v) is 11.7. The largest absolute Gasteiger partial charge is 0.507 e. The molecule has 3 nitrogen and oxygen atoms in total. The Morgan fingerprint density at radius 3 is 2.78 bits per heavy atom. The number of benzene rings is 1. The fourth-order valence-corrected chi connectivity index (χ4v) is 1.99. The number of phenols is 1. The van der Waals surface area contributed by atoms with E-state index >= 15 is 0 Å². The molecule has 0 aliphatic heterocycles. The quantitative estimate of drug-likeness (QED) is 0.678. The lowest BCUT2D eigenvalue weighted by Gasteiger charge is -2.02. The molecule has 0 aliphatic carbocycles. The highest BCUT2D eigenvalue weighted by Gasteiger charge is 2.07. The van der Waals surface area contributed by atoms with Crippen LogP contribution in [0.2, 0.25) is 0 Å². The van der Waals surface area contributed by atoms with Gasteiger partial charge in [-0.05, 0) is 48.3 Å². The summed E-state index contributed by atoms with van der Waals surface area (Å²) in [6.45, 7) is 3.97. The lowest BCUT2D eigenvalue weighted by Crippen LogP contribution is -2.06. The summed E-state index contributed by atoms with van der Waals surface area (Å²) in [4.78, 5) is 11.8. The van der Waals surface area contributed by atoms with Crippen LogP contribution in [0.5, 0.6) is 5.75 Å². The molecule has 0 radical (unpaired) electrons.